The van der Waals surface area contributed by atoms with Crippen LogP contribution in [0.4, 0.5) is 11.6 Å². The van der Waals surface area contributed by atoms with E-state index in [4.69, 9.17) is 28.8 Å². The minimum Gasteiger partial charge on any atom is -0.376 e. The van der Waals surface area contributed by atoms with E-state index in [9.17, 15) is 18.5 Å². The summed E-state index contributed by atoms with van der Waals surface area (Å²) in [6.45, 7) is 2.20. The third-order valence-electron chi connectivity index (χ3n) is 3.75. The Bertz CT molecular complexity index is 970. The van der Waals surface area contributed by atoms with Gasteiger partial charge in [0.1, 0.15) is 0 Å². The highest BCUT2D eigenvalue weighted by Gasteiger charge is 2.31. The fourth-order valence-corrected chi connectivity index (χ4v) is 3.21. The SMILES string of the molecule is Cc1nc([N+](=O)[O-])c(N(Cc2ccc(S(N)(=O)=O)cc2)C(N)=S)n1CCN. The molecule has 146 valence electrons. The minimum absolute atomic E-state index is 0.0527. The zero-order valence-electron chi connectivity index (χ0n) is 14.4. The van der Waals surface area contributed by atoms with Crippen LogP contribution in [0.2, 0.25) is 0 Å². The van der Waals surface area contributed by atoms with Crippen molar-refractivity contribution in [2.24, 2.45) is 16.6 Å². The first-order chi connectivity index (χ1) is 12.6. The van der Waals surface area contributed by atoms with E-state index in [0.29, 0.717) is 11.4 Å². The number of hydrogen-bond donors (Lipinski definition) is 3. The van der Waals surface area contributed by atoms with Gasteiger partial charge in [-0.25, -0.2) is 13.6 Å². The molecule has 0 amide bonds. The lowest BCUT2D eigenvalue weighted by molar-refractivity contribution is -0.388. The number of hydrogen-bond acceptors (Lipinski definition) is 7. The summed E-state index contributed by atoms with van der Waals surface area (Å²) in [5, 5.41) is 16.4. The van der Waals surface area contributed by atoms with Crippen molar-refractivity contribution < 1.29 is 13.3 Å². The van der Waals surface area contributed by atoms with Gasteiger partial charge in [-0.1, -0.05) is 12.1 Å². The van der Waals surface area contributed by atoms with Crippen LogP contribution >= 0.6 is 12.2 Å². The second-order valence-electron chi connectivity index (χ2n) is 5.62. The Hall–Kier alpha value is -2.61. The Labute approximate surface area is 161 Å². The summed E-state index contributed by atoms with van der Waals surface area (Å²) in [5.74, 6) is 0.119. The molecule has 0 bridgehead atoms. The summed E-state index contributed by atoms with van der Waals surface area (Å²) in [6.07, 6.45) is 0. The van der Waals surface area contributed by atoms with E-state index in [2.05, 4.69) is 4.98 Å². The summed E-state index contributed by atoms with van der Waals surface area (Å²) in [5.41, 5.74) is 12.0. The number of rotatable bonds is 7. The highest BCUT2D eigenvalue weighted by Crippen LogP contribution is 2.30. The highest BCUT2D eigenvalue weighted by atomic mass is 32.2. The van der Waals surface area contributed by atoms with Crippen LogP contribution in [0.25, 0.3) is 0 Å². The van der Waals surface area contributed by atoms with Crippen LogP contribution in [-0.2, 0) is 23.1 Å². The summed E-state index contributed by atoms with van der Waals surface area (Å²) < 4.78 is 24.3. The lowest BCUT2D eigenvalue weighted by atomic mass is 10.2. The van der Waals surface area contributed by atoms with Gasteiger partial charge in [-0.15, -0.1) is 0 Å². The van der Waals surface area contributed by atoms with Crippen LogP contribution in [0, 0.1) is 17.0 Å². The van der Waals surface area contributed by atoms with Crippen molar-refractivity contribution in [3.05, 3.63) is 45.8 Å². The second kappa shape index (κ2) is 7.96. The largest absolute Gasteiger partial charge is 0.407 e. The molecule has 13 heteroatoms. The molecule has 0 atom stereocenters. The maximum Gasteiger partial charge on any atom is 0.407 e. The van der Waals surface area contributed by atoms with Crippen molar-refractivity contribution in [2.75, 3.05) is 11.4 Å². The predicted molar refractivity (Wildman–Crippen MR) is 103 cm³/mol. The van der Waals surface area contributed by atoms with Crippen molar-refractivity contribution in [1.29, 1.82) is 0 Å². The molecule has 0 aliphatic carbocycles. The predicted octanol–water partition coefficient (Wildman–Crippen LogP) is -0.0440. The van der Waals surface area contributed by atoms with E-state index in [1.54, 1.807) is 11.5 Å². The Morgan fingerprint density at radius 3 is 2.41 bits per heavy atom. The molecule has 0 saturated carbocycles. The standard InChI is InChI=1S/C14H19N7O4S2/c1-9-18-12(21(22)23)13(19(9)7-6-15)20(14(16)26)8-10-2-4-11(5-3-10)27(17,24)25/h2-5H,6-8,15H2,1H3,(H2,16,26)(H2,17,24,25). The quantitative estimate of drug-likeness (QED) is 0.319. The average Bonchev–Trinajstić information content (AvgIpc) is 2.89. The molecule has 0 aliphatic rings. The molecule has 1 aromatic heterocycles. The normalized spacial score (nSPS) is 11.4. The fraction of sp³-hybridized carbons (Fsp3) is 0.286. The number of nitrogens with two attached hydrogens (primary N) is 3. The van der Waals surface area contributed by atoms with Gasteiger partial charge in [-0.3, -0.25) is 9.47 Å². The van der Waals surface area contributed by atoms with Crippen LogP contribution in [0.5, 0.6) is 0 Å². The molecular formula is C14H19N7O4S2. The van der Waals surface area contributed by atoms with Crippen molar-refractivity contribution in [3.63, 3.8) is 0 Å². The Balaban J connectivity index is 2.50. The molecule has 2 aromatic rings. The Kier molecular flexibility index (Phi) is 6.10. The average molecular weight is 413 g/mol. The molecule has 2 rings (SSSR count). The number of aromatic nitrogens is 2. The first kappa shape index (κ1) is 20.7. The monoisotopic (exact) mass is 413 g/mol. The van der Waals surface area contributed by atoms with Gasteiger partial charge in [0.2, 0.25) is 21.7 Å². The van der Waals surface area contributed by atoms with Crippen molar-refractivity contribution >= 4 is 39.0 Å². The number of thiocarbonyl (C=S) groups is 1. The minimum atomic E-state index is -3.83. The Morgan fingerprint density at radius 1 is 1.37 bits per heavy atom. The molecule has 0 unspecified atom stereocenters. The molecule has 1 heterocycles. The number of nitro groups is 1. The van der Waals surface area contributed by atoms with E-state index >= 15 is 0 Å². The molecule has 6 N–H and O–H groups in total. The van der Waals surface area contributed by atoms with Crippen LogP contribution in [0.3, 0.4) is 0 Å². The summed E-state index contributed by atoms with van der Waals surface area (Å²) in [4.78, 5) is 16.1. The third kappa shape index (κ3) is 4.57. The van der Waals surface area contributed by atoms with Crippen LogP contribution in [-0.4, -0.2) is 34.5 Å². The topological polar surface area (TPSA) is 176 Å². The molecule has 1 aromatic carbocycles. The second-order valence-corrected chi connectivity index (χ2v) is 7.60. The number of sulfonamides is 1. The van der Waals surface area contributed by atoms with Crippen LogP contribution in [0.1, 0.15) is 11.4 Å². The third-order valence-corrected chi connectivity index (χ3v) is 4.90. The van der Waals surface area contributed by atoms with Crippen molar-refractivity contribution in [3.8, 4) is 0 Å². The number of aryl methyl sites for hydroxylation is 1. The molecule has 0 radical (unpaired) electrons. The van der Waals surface area contributed by atoms with Gasteiger partial charge >= 0.3 is 5.82 Å². The maximum absolute atomic E-state index is 11.4. The molecule has 0 fully saturated rings. The first-order valence-corrected chi connectivity index (χ1v) is 9.62. The van der Waals surface area contributed by atoms with Gasteiger partial charge in [0, 0.05) is 20.0 Å². The zero-order chi connectivity index (χ0) is 20.4. The first-order valence-electron chi connectivity index (χ1n) is 7.66. The molecular weight excluding hydrogens is 394 g/mol. The van der Waals surface area contributed by atoms with Gasteiger partial charge in [0.25, 0.3) is 0 Å². The molecule has 0 spiro atoms. The number of benzene rings is 1. The van der Waals surface area contributed by atoms with Gasteiger partial charge in [0.05, 0.1) is 11.4 Å². The van der Waals surface area contributed by atoms with Crippen LogP contribution < -0.4 is 21.5 Å². The smallest absolute Gasteiger partial charge is 0.376 e. The van der Waals surface area contributed by atoms with Gasteiger partial charge in [-0.2, -0.15) is 0 Å². The van der Waals surface area contributed by atoms with E-state index in [0.717, 1.165) is 0 Å². The van der Waals surface area contributed by atoms with Crippen molar-refractivity contribution in [1.82, 2.24) is 9.55 Å². The fourth-order valence-electron chi connectivity index (χ4n) is 2.55. The van der Waals surface area contributed by atoms with Gasteiger partial charge < -0.3 is 21.6 Å². The molecule has 27 heavy (non-hydrogen) atoms. The zero-order valence-corrected chi connectivity index (χ0v) is 16.0. The van der Waals surface area contributed by atoms with E-state index < -0.39 is 20.8 Å². The number of primary sulfonamides is 1. The summed E-state index contributed by atoms with van der Waals surface area (Å²) >= 11 is 5.08. The van der Waals surface area contributed by atoms with E-state index in [1.165, 1.54) is 29.2 Å². The number of anilines is 1. The number of imidazole rings is 1. The summed E-state index contributed by atoms with van der Waals surface area (Å²) in [7, 11) is -3.83. The lowest BCUT2D eigenvalue weighted by Gasteiger charge is -2.23. The molecule has 0 saturated heterocycles. The lowest BCUT2D eigenvalue weighted by Crippen LogP contribution is -2.37. The van der Waals surface area contributed by atoms with E-state index in [-0.39, 0.29) is 35.5 Å². The molecule has 0 aliphatic heterocycles. The number of nitrogens with zero attached hydrogens (tertiary/aromatic N) is 4. The van der Waals surface area contributed by atoms with Crippen molar-refractivity contribution in [2.45, 2.75) is 24.9 Å². The van der Waals surface area contributed by atoms with Gasteiger partial charge in [0.15, 0.2) is 5.11 Å². The molecule has 11 nitrogen and oxygen atoms in total. The highest BCUT2D eigenvalue weighted by molar-refractivity contribution is 7.89. The van der Waals surface area contributed by atoms with Crippen LogP contribution in [0.15, 0.2) is 29.2 Å². The van der Waals surface area contributed by atoms with Gasteiger partial charge in [-0.05, 0) is 39.8 Å². The maximum atomic E-state index is 11.4. The van der Waals surface area contributed by atoms with E-state index in [1.807, 2.05) is 0 Å². The Morgan fingerprint density at radius 2 is 1.96 bits per heavy atom. The summed E-state index contributed by atoms with van der Waals surface area (Å²) in [6, 6.07) is 5.71.